The van der Waals surface area contributed by atoms with Crippen LogP contribution in [0.5, 0.6) is 0 Å². The molecule has 0 saturated heterocycles. The molecule has 52 valence electrons. The zero-order valence-electron chi connectivity index (χ0n) is 5.24. The molecule has 10 heavy (non-hydrogen) atoms. The predicted molar refractivity (Wildman–Crippen MR) is 45.4 cm³/mol. The Labute approximate surface area is 67.8 Å². The average Bonchev–Trinajstić information content (AvgIpc) is 2.40. The Balaban J connectivity index is 2.56. The monoisotopic (exact) mass is 170 g/mol. The van der Waals surface area contributed by atoms with Crippen molar-refractivity contribution in [3.05, 3.63) is 30.2 Å². The predicted octanol–water partition coefficient (Wildman–Crippen LogP) is 2.55. The van der Waals surface area contributed by atoms with Gasteiger partial charge in [0.15, 0.2) is 0 Å². The highest BCUT2D eigenvalue weighted by atomic mass is 32.2. The van der Waals surface area contributed by atoms with Crippen LogP contribution in [0, 0.1) is 0 Å². The van der Waals surface area contributed by atoms with Gasteiger partial charge in [0.05, 0.1) is 4.21 Å². The van der Waals surface area contributed by atoms with E-state index in [9.17, 15) is 4.79 Å². The zero-order valence-corrected chi connectivity index (χ0v) is 6.87. The largest absolute Gasteiger partial charge is 0.282 e. The molecule has 0 spiro atoms. The van der Waals surface area contributed by atoms with Crippen molar-refractivity contribution < 1.29 is 4.79 Å². The number of thioether (sulfide) groups is 1. The fourth-order valence-corrected chi connectivity index (χ4v) is 1.94. The lowest BCUT2D eigenvalue weighted by atomic mass is 10.7. The van der Waals surface area contributed by atoms with Gasteiger partial charge in [-0.1, -0.05) is 12.6 Å². The van der Waals surface area contributed by atoms with Gasteiger partial charge in [-0.15, -0.1) is 11.3 Å². The van der Waals surface area contributed by atoms with Crippen molar-refractivity contribution in [2.45, 2.75) is 4.21 Å². The highest BCUT2D eigenvalue weighted by molar-refractivity contribution is 8.15. The van der Waals surface area contributed by atoms with Crippen molar-refractivity contribution in [3.63, 3.8) is 0 Å². The molecular formula is C7H6OS2. The van der Waals surface area contributed by atoms with Crippen LogP contribution < -0.4 is 0 Å². The maximum absolute atomic E-state index is 10.7. The van der Waals surface area contributed by atoms with Crippen LogP contribution in [0.25, 0.3) is 0 Å². The lowest BCUT2D eigenvalue weighted by molar-refractivity contribution is -0.107. The fourth-order valence-electron chi connectivity index (χ4n) is 0.462. The molecule has 0 aliphatic carbocycles. The van der Waals surface area contributed by atoms with Crippen molar-refractivity contribution in [2.75, 3.05) is 0 Å². The normalized spacial score (nSPS) is 9.20. The van der Waals surface area contributed by atoms with E-state index in [-0.39, 0.29) is 5.12 Å². The van der Waals surface area contributed by atoms with Gasteiger partial charge in [-0.05, 0) is 29.3 Å². The Morgan fingerprint density at radius 1 is 1.80 bits per heavy atom. The van der Waals surface area contributed by atoms with Crippen LogP contribution in [0.15, 0.2) is 34.4 Å². The SMILES string of the molecule is C=CC(=O)Sc1cccs1. The molecule has 0 aliphatic rings. The third-order valence-corrected chi connectivity index (χ3v) is 2.77. The van der Waals surface area contributed by atoms with Crippen molar-refractivity contribution in [3.8, 4) is 0 Å². The summed E-state index contributed by atoms with van der Waals surface area (Å²) in [6, 6.07) is 3.83. The summed E-state index contributed by atoms with van der Waals surface area (Å²) in [6.07, 6.45) is 1.32. The summed E-state index contributed by atoms with van der Waals surface area (Å²) in [6.45, 7) is 3.38. The van der Waals surface area contributed by atoms with Crippen LogP contribution >= 0.6 is 23.1 Å². The van der Waals surface area contributed by atoms with Crippen LogP contribution in [-0.2, 0) is 4.79 Å². The molecule has 0 N–H and O–H groups in total. The molecule has 1 heterocycles. The van der Waals surface area contributed by atoms with Gasteiger partial charge in [0.1, 0.15) is 0 Å². The zero-order chi connectivity index (χ0) is 7.40. The third kappa shape index (κ3) is 2.01. The molecule has 0 bridgehead atoms. The number of rotatable bonds is 2. The summed E-state index contributed by atoms with van der Waals surface area (Å²) in [4.78, 5) is 10.7. The summed E-state index contributed by atoms with van der Waals surface area (Å²) >= 11 is 2.77. The van der Waals surface area contributed by atoms with Crippen LogP contribution in [0.1, 0.15) is 0 Å². The van der Waals surface area contributed by atoms with Gasteiger partial charge in [0, 0.05) is 0 Å². The third-order valence-electron chi connectivity index (χ3n) is 0.863. The van der Waals surface area contributed by atoms with Crippen LogP contribution in [0.4, 0.5) is 0 Å². The highest BCUT2D eigenvalue weighted by Crippen LogP contribution is 2.23. The van der Waals surface area contributed by atoms with Crippen LogP contribution in [0.3, 0.4) is 0 Å². The fraction of sp³-hybridized carbons (Fsp3) is 0. The molecule has 0 fully saturated rings. The second-order valence-corrected chi connectivity index (χ2v) is 3.81. The van der Waals surface area contributed by atoms with Gasteiger partial charge in [-0.25, -0.2) is 0 Å². The van der Waals surface area contributed by atoms with E-state index in [4.69, 9.17) is 0 Å². The molecule has 0 saturated carbocycles. The quantitative estimate of drug-likeness (QED) is 0.501. The van der Waals surface area contributed by atoms with Gasteiger partial charge in [-0.2, -0.15) is 0 Å². The Kier molecular flexibility index (Phi) is 2.71. The molecule has 1 aromatic heterocycles. The minimum Gasteiger partial charge on any atom is -0.282 e. The van der Waals surface area contributed by atoms with Crippen LogP contribution in [0.2, 0.25) is 0 Å². The summed E-state index contributed by atoms with van der Waals surface area (Å²) < 4.78 is 1.02. The van der Waals surface area contributed by atoms with E-state index >= 15 is 0 Å². The topological polar surface area (TPSA) is 17.1 Å². The smallest absolute Gasteiger partial charge is 0.217 e. The molecule has 0 unspecified atom stereocenters. The standard InChI is InChI=1S/C7H6OS2/c1-2-6(8)10-7-4-3-5-9-7/h2-5H,1H2. The van der Waals surface area contributed by atoms with Crippen LogP contribution in [-0.4, -0.2) is 5.12 Å². The number of carbonyl (C=O) groups excluding carboxylic acids is 1. The van der Waals surface area contributed by atoms with Crippen molar-refractivity contribution >= 4 is 28.2 Å². The van der Waals surface area contributed by atoms with E-state index in [2.05, 4.69) is 6.58 Å². The molecule has 3 heteroatoms. The molecule has 0 aromatic carbocycles. The molecule has 1 aromatic rings. The first-order chi connectivity index (χ1) is 4.83. The number of hydrogen-bond donors (Lipinski definition) is 0. The second kappa shape index (κ2) is 3.58. The number of thiophene rings is 1. The van der Waals surface area contributed by atoms with E-state index in [0.717, 1.165) is 4.21 Å². The first-order valence-corrected chi connectivity index (χ1v) is 4.40. The van der Waals surface area contributed by atoms with Gasteiger partial charge >= 0.3 is 0 Å². The minimum atomic E-state index is 0.00227. The first kappa shape index (κ1) is 7.57. The van der Waals surface area contributed by atoms with Crippen molar-refractivity contribution in [1.29, 1.82) is 0 Å². The summed E-state index contributed by atoms with van der Waals surface area (Å²) in [5.74, 6) is 0. The maximum atomic E-state index is 10.7. The Hall–Kier alpha value is -0.540. The lowest BCUT2D eigenvalue weighted by Gasteiger charge is -1.86. The van der Waals surface area contributed by atoms with Crippen molar-refractivity contribution in [1.82, 2.24) is 0 Å². The molecule has 1 rings (SSSR count). The van der Waals surface area contributed by atoms with E-state index in [1.807, 2.05) is 17.5 Å². The summed E-state index contributed by atoms with van der Waals surface area (Å²) in [5, 5.41) is 1.95. The lowest BCUT2D eigenvalue weighted by Crippen LogP contribution is -1.78. The van der Waals surface area contributed by atoms with Gasteiger partial charge in [-0.3, -0.25) is 4.79 Å². The molecular weight excluding hydrogens is 164 g/mol. The molecule has 0 radical (unpaired) electrons. The minimum absolute atomic E-state index is 0.00227. The Bertz CT molecular complexity index is 226. The van der Waals surface area contributed by atoms with Gasteiger partial charge < -0.3 is 0 Å². The highest BCUT2D eigenvalue weighted by Gasteiger charge is 1.98. The first-order valence-electron chi connectivity index (χ1n) is 2.70. The van der Waals surface area contributed by atoms with E-state index in [1.165, 1.54) is 17.8 Å². The van der Waals surface area contributed by atoms with E-state index in [0.29, 0.717) is 0 Å². The Morgan fingerprint density at radius 2 is 2.60 bits per heavy atom. The van der Waals surface area contributed by atoms with Gasteiger partial charge in [0.25, 0.3) is 0 Å². The van der Waals surface area contributed by atoms with E-state index in [1.54, 1.807) is 11.3 Å². The molecule has 0 atom stereocenters. The summed E-state index contributed by atoms with van der Waals surface area (Å²) in [5.41, 5.74) is 0. The molecule has 0 aliphatic heterocycles. The van der Waals surface area contributed by atoms with Crippen molar-refractivity contribution in [2.24, 2.45) is 0 Å². The van der Waals surface area contributed by atoms with Gasteiger partial charge in [0.2, 0.25) is 5.12 Å². The summed E-state index contributed by atoms with van der Waals surface area (Å²) in [7, 11) is 0. The number of hydrogen-bond acceptors (Lipinski definition) is 3. The average molecular weight is 170 g/mol. The maximum Gasteiger partial charge on any atom is 0.217 e. The Morgan fingerprint density at radius 3 is 3.10 bits per heavy atom. The molecule has 1 nitrogen and oxygen atoms in total. The van der Waals surface area contributed by atoms with E-state index < -0.39 is 0 Å². The molecule has 0 amide bonds. The number of carbonyl (C=O) groups is 1. The second-order valence-electron chi connectivity index (χ2n) is 1.56.